The van der Waals surface area contributed by atoms with Crippen LogP contribution in [0, 0.1) is 35.5 Å². The lowest BCUT2D eigenvalue weighted by Crippen LogP contribution is -2.49. The molecule has 2 amide bonds. The maximum absolute atomic E-state index is 13.2. The van der Waals surface area contributed by atoms with Crippen LogP contribution in [0.4, 0.5) is 11.4 Å². The van der Waals surface area contributed by atoms with Crippen molar-refractivity contribution in [1.82, 2.24) is 9.97 Å². The van der Waals surface area contributed by atoms with E-state index in [1.807, 2.05) is 42.5 Å². The van der Waals surface area contributed by atoms with Gasteiger partial charge in [0.1, 0.15) is 5.82 Å². The monoisotopic (exact) mass is 482 g/mol. The third kappa shape index (κ3) is 4.00. The molecule has 36 heavy (non-hydrogen) atoms. The summed E-state index contributed by atoms with van der Waals surface area (Å²) in [4.78, 5) is 33.8. The predicted octanol–water partition coefficient (Wildman–Crippen LogP) is 6.37. The van der Waals surface area contributed by atoms with Gasteiger partial charge in [0.2, 0.25) is 11.8 Å². The molecule has 186 valence electrons. The smallest absolute Gasteiger partial charge is 0.228 e. The van der Waals surface area contributed by atoms with Crippen LogP contribution in [0.25, 0.3) is 22.4 Å². The topological polar surface area (TPSA) is 86.9 Å². The highest BCUT2D eigenvalue weighted by molar-refractivity contribution is 5.95. The Hall–Kier alpha value is -3.15. The fourth-order valence-electron chi connectivity index (χ4n) is 7.95. The summed E-state index contributed by atoms with van der Waals surface area (Å²) >= 11 is 0. The van der Waals surface area contributed by atoms with E-state index >= 15 is 0 Å². The van der Waals surface area contributed by atoms with E-state index in [2.05, 4.69) is 15.6 Å². The molecule has 4 bridgehead atoms. The molecule has 0 saturated heterocycles. The van der Waals surface area contributed by atoms with Gasteiger partial charge in [0.15, 0.2) is 0 Å². The highest BCUT2D eigenvalue weighted by Gasteiger charge is 2.50. The van der Waals surface area contributed by atoms with Crippen molar-refractivity contribution in [1.29, 1.82) is 0 Å². The zero-order valence-corrected chi connectivity index (χ0v) is 20.6. The van der Waals surface area contributed by atoms with Crippen LogP contribution in [0.1, 0.15) is 57.8 Å². The second kappa shape index (κ2) is 8.75. The van der Waals surface area contributed by atoms with Crippen molar-refractivity contribution >= 4 is 34.2 Å². The Bertz CT molecular complexity index is 1280. The Labute approximate surface area is 211 Å². The summed E-state index contributed by atoms with van der Waals surface area (Å²) in [5.74, 6) is 4.37. The molecule has 3 aromatic rings. The molecule has 1 aromatic heterocycles. The molecule has 5 fully saturated rings. The van der Waals surface area contributed by atoms with Crippen molar-refractivity contribution < 1.29 is 9.59 Å². The van der Waals surface area contributed by atoms with E-state index in [0.717, 1.165) is 71.3 Å². The van der Waals surface area contributed by atoms with Crippen LogP contribution >= 0.6 is 0 Å². The molecule has 0 spiro atoms. The fraction of sp³-hybridized carbons (Fsp3) is 0.500. The summed E-state index contributed by atoms with van der Waals surface area (Å²) in [6, 6.07) is 13.8. The number of benzene rings is 2. The predicted molar refractivity (Wildman–Crippen MR) is 141 cm³/mol. The van der Waals surface area contributed by atoms with Gasteiger partial charge in [-0.1, -0.05) is 12.8 Å². The van der Waals surface area contributed by atoms with Gasteiger partial charge < -0.3 is 15.6 Å². The molecule has 5 aliphatic carbocycles. The first-order valence-electron chi connectivity index (χ1n) is 13.8. The minimum absolute atomic E-state index is 0.123. The highest BCUT2D eigenvalue weighted by atomic mass is 16.2. The van der Waals surface area contributed by atoms with E-state index in [-0.39, 0.29) is 23.7 Å². The lowest BCUT2D eigenvalue weighted by Gasteiger charge is -2.53. The van der Waals surface area contributed by atoms with Crippen LogP contribution in [-0.4, -0.2) is 21.8 Å². The van der Waals surface area contributed by atoms with Gasteiger partial charge >= 0.3 is 0 Å². The van der Waals surface area contributed by atoms with E-state index in [1.165, 1.54) is 32.1 Å². The Balaban J connectivity index is 1.03. The van der Waals surface area contributed by atoms with Crippen LogP contribution in [0.3, 0.4) is 0 Å². The Morgan fingerprint density at radius 1 is 0.778 bits per heavy atom. The van der Waals surface area contributed by atoms with Gasteiger partial charge in [-0.15, -0.1) is 0 Å². The molecule has 0 atom stereocenters. The van der Waals surface area contributed by atoms with E-state index < -0.39 is 0 Å². The summed E-state index contributed by atoms with van der Waals surface area (Å²) in [5.41, 5.74) is 4.38. The maximum atomic E-state index is 13.2. The first-order valence-corrected chi connectivity index (χ1v) is 13.8. The number of nitrogens with zero attached hydrogens (tertiary/aromatic N) is 1. The highest BCUT2D eigenvalue weighted by Crippen LogP contribution is 2.56. The molecule has 0 unspecified atom stereocenters. The number of imidazole rings is 1. The normalized spacial score (nSPS) is 29.1. The van der Waals surface area contributed by atoms with Gasteiger partial charge in [-0.3, -0.25) is 9.59 Å². The summed E-state index contributed by atoms with van der Waals surface area (Å²) in [6.07, 6.45) is 10.7. The van der Waals surface area contributed by atoms with Crippen LogP contribution in [0.5, 0.6) is 0 Å². The van der Waals surface area contributed by atoms with Crippen molar-refractivity contribution in [3.8, 4) is 11.4 Å². The lowest BCUT2D eigenvalue weighted by molar-refractivity contribution is -0.132. The number of rotatable bonds is 5. The lowest BCUT2D eigenvalue weighted by atomic mass is 9.51. The minimum atomic E-state index is 0.123. The average molecular weight is 483 g/mol. The van der Waals surface area contributed by atoms with Gasteiger partial charge in [0.25, 0.3) is 0 Å². The summed E-state index contributed by atoms with van der Waals surface area (Å²) in [7, 11) is 0. The van der Waals surface area contributed by atoms with Gasteiger partial charge in [-0.2, -0.15) is 0 Å². The maximum Gasteiger partial charge on any atom is 0.228 e. The number of fused-ring (bicyclic) bond motifs is 1. The number of hydrogen-bond acceptors (Lipinski definition) is 3. The molecule has 5 saturated carbocycles. The molecule has 8 rings (SSSR count). The number of aromatic amines is 1. The van der Waals surface area contributed by atoms with Crippen LogP contribution in [0.15, 0.2) is 42.5 Å². The van der Waals surface area contributed by atoms with Crippen molar-refractivity contribution in [2.24, 2.45) is 35.5 Å². The van der Waals surface area contributed by atoms with Crippen molar-refractivity contribution in [2.45, 2.75) is 57.8 Å². The average Bonchev–Trinajstić information content (AvgIpc) is 3.54. The molecule has 6 heteroatoms. The number of carbonyl (C=O) groups excluding carboxylic acids is 2. The fourth-order valence-corrected chi connectivity index (χ4v) is 7.95. The number of amides is 2. The number of nitrogens with one attached hydrogen (secondary N) is 3. The number of aromatic nitrogens is 2. The first-order chi connectivity index (χ1) is 17.6. The van der Waals surface area contributed by atoms with Gasteiger partial charge in [0.05, 0.1) is 11.0 Å². The zero-order chi connectivity index (χ0) is 24.2. The van der Waals surface area contributed by atoms with Crippen LogP contribution in [0.2, 0.25) is 0 Å². The Morgan fingerprint density at radius 2 is 1.42 bits per heavy atom. The third-order valence-corrected chi connectivity index (χ3v) is 9.43. The summed E-state index contributed by atoms with van der Waals surface area (Å²) < 4.78 is 0. The Morgan fingerprint density at radius 3 is 2.11 bits per heavy atom. The SMILES string of the molecule is O=C(Nc1ccc2nc(-c3ccc(NC(=O)C4C5CC6CC(C5)CC4C6)cc3)[nH]c2c1)C1CCCC1. The van der Waals surface area contributed by atoms with Crippen LogP contribution < -0.4 is 10.6 Å². The third-order valence-electron chi connectivity index (χ3n) is 9.43. The largest absolute Gasteiger partial charge is 0.338 e. The number of anilines is 2. The molecular weight excluding hydrogens is 448 g/mol. The summed E-state index contributed by atoms with van der Waals surface area (Å²) in [6.45, 7) is 0. The van der Waals surface area contributed by atoms with E-state index in [4.69, 9.17) is 4.98 Å². The standard InChI is InChI=1S/C30H34N4O2/c35-29(20-3-1-2-4-20)32-24-9-10-25-26(16-24)34-28(33-25)19-5-7-23(8-6-19)31-30(36)27-21-12-17-11-18(14-21)15-22(27)13-17/h5-10,16-18,20-22,27H,1-4,11-15H2,(H,31,36)(H,32,35)(H,33,34). The number of hydrogen-bond donors (Lipinski definition) is 3. The minimum Gasteiger partial charge on any atom is -0.338 e. The van der Waals surface area contributed by atoms with E-state index in [0.29, 0.717) is 11.8 Å². The van der Waals surface area contributed by atoms with Crippen LogP contribution in [-0.2, 0) is 9.59 Å². The number of carbonyl (C=O) groups is 2. The molecule has 6 nitrogen and oxygen atoms in total. The molecule has 1 heterocycles. The molecule has 0 aliphatic heterocycles. The van der Waals surface area contributed by atoms with Crippen molar-refractivity contribution in [2.75, 3.05) is 10.6 Å². The first kappa shape index (κ1) is 22.1. The van der Waals surface area contributed by atoms with Gasteiger partial charge in [-0.05, 0) is 111 Å². The zero-order valence-electron chi connectivity index (χ0n) is 20.6. The molecule has 2 aromatic carbocycles. The van der Waals surface area contributed by atoms with Gasteiger partial charge in [-0.25, -0.2) is 4.98 Å². The van der Waals surface area contributed by atoms with Crippen molar-refractivity contribution in [3.63, 3.8) is 0 Å². The number of H-pyrrole nitrogens is 1. The Kier molecular flexibility index (Phi) is 5.37. The second-order valence-corrected chi connectivity index (χ2v) is 11.8. The summed E-state index contributed by atoms with van der Waals surface area (Å²) in [5, 5.41) is 6.28. The van der Waals surface area contributed by atoms with E-state index in [9.17, 15) is 9.59 Å². The molecule has 0 radical (unpaired) electrons. The van der Waals surface area contributed by atoms with Gasteiger partial charge in [0, 0.05) is 28.8 Å². The molecule has 3 N–H and O–H groups in total. The van der Waals surface area contributed by atoms with Crippen molar-refractivity contribution in [3.05, 3.63) is 42.5 Å². The van der Waals surface area contributed by atoms with E-state index in [1.54, 1.807) is 0 Å². The molecular formula is C30H34N4O2. The molecule has 5 aliphatic rings. The second-order valence-electron chi connectivity index (χ2n) is 11.8. The quantitative estimate of drug-likeness (QED) is 0.395.